The second kappa shape index (κ2) is 4.07. The van der Waals surface area contributed by atoms with Crippen LogP contribution in [0.25, 0.3) is 0 Å². The molecule has 0 spiro atoms. The molecule has 0 saturated heterocycles. The highest BCUT2D eigenvalue weighted by molar-refractivity contribution is 6.28. The first kappa shape index (κ1) is 9.00. The molecule has 0 bridgehead atoms. The third-order valence-corrected chi connectivity index (χ3v) is 1.32. The van der Waals surface area contributed by atoms with Crippen LogP contribution in [-0.4, -0.2) is 11.6 Å². The normalized spacial score (nSPS) is 12.2. The zero-order chi connectivity index (χ0) is 8.97. The lowest BCUT2D eigenvalue weighted by Crippen LogP contribution is -2.16. The van der Waals surface area contributed by atoms with Crippen molar-refractivity contribution in [3.63, 3.8) is 0 Å². The fourth-order valence-corrected chi connectivity index (χ4v) is 0.694. The molecule has 1 aromatic rings. The van der Waals surface area contributed by atoms with E-state index in [1.54, 1.807) is 18.2 Å². The van der Waals surface area contributed by atoms with Crippen LogP contribution >= 0.6 is 11.6 Å². The maximum absolute atomic E-state index is 12.1. The lowest BCUT2D eigenvalue weighted by atomic mass is 10.3. The number of carbonyl (C=O) groups is 1. The van der Waals surface area contributed by atoms with Crippen molar-refractivity contribution in [2.45, 2.75) is 5.63 Å². The van der Waals surface area contributed by atoms with E-state index in [9.17, 15) is 9.18 Å². The minimum Gasteiger partial charge on any atom is -0.423 e. The van der Waals surface area contributed by atoms with Gasteiger partial charge in [-0.05, 0) is 12.1 Å². The average molecular weight is 189 g/mol. The minimum absolute atomic E-state index is 0.283. The number of halogens is 2. The molecule has 1 atom stereocenters. The molecule has 64 valence electrons. The standard InChI is InChI=1S/C8H6ClFO2/c9-7(10)8(11)12-6-4-2-1-3-5-6/h1-5,7H. The quantitative estimate of drug-likeness (QED) is 0.404. The van der Waals surface area contributed by atoms with E-state index in [0.29, 0.717) is 0 Å². The Morgan fingerprint density at radius 3 is 2.50 bits per heavy atom. The summed E-state index contributed by atoms with van der Waals surface area (Å²) in [5.41, 5.74) is -2.11. The summed E-state index contributed by atoms with van der Waals surface area (Å²) in [5, 5.41) is 0. The van der Waals surface area contributed by atoms with E-state index in [1.807, 2.05) is 0 Å². The molecule has 0 amide bonds. The molecule has 1 unspecified atom stereocenters. The van der Waals surface area contributed by atoms with Crippen molar-refractivity contribution in [1.29, 1.82) is 0 Å². The Hall–Kier alpha value is -1.09. The zero-order valence-corrected chi connectivity index (χ0v) is 6.79. The second-order valence-electron chi connectivity index (χ2n) is 2.03. The molecule has 1 aromatic carbocycles. The molecule has 0 heterocycles. The van der Waals surface area contributed by atoms with Crippen molar-refractivity contribution < 1.29 is 13.9 Å². The number of para-hydroxylation sites is 1. The summed E-state index contributed by atoms with van der Waals surface area (Å²) in [5.74, 6) is -0.811. The van der Waals surface area contributed by atoms with Crippen LogP contribution in [0, 0.1) is 0 Å². The van der Waals surface area contributed by atoms with E-state index in [1.165, 1.54) is 12.1 Å². The van der Waals surface area contributed by atoms with E-state index in [2.05, 4.69) is 4.74 Å². The Morgan fingerprint density at radius 2 is 2.00 bits per heavy atom. The molecule has 0 fully saturated rings. The Balaban J connectivity index is 2.59. The molecule has 0 N–H and O–H groups in total. The van der Waals surface area contributed by atoms with Crippen LogP contribution in [0.1, 0.15) is 0 Å². The summed E-state index contributed by atoms with van der Waals surface area (Å²) in [6.07, 6.45) is 0. The average Bonchev–Trinajstić information content (AvgIpc) is 2.06. The molecule has 0 radical (unpaired) electrons. The van der Waals surface area contributed by atoms with Crippen molar-refractivity contribution in [3.8, 4) is 5.75 Å². The van der Waals surface area contributed by atoms with Gasteiger partial charge >= 0.3 is 5.97 Å². The topological polar surface area (TPSA) is 26.3 Å². The van der Waals surface area contributed by atoms with Gasteiger partial charge in [-0.2, -0.15) is 0 Å². The molecule has 1 rings (SSSR count). The van der Waals surface area contributed by atoms with Crippen LogP contribution < -0.4 is 4.74 Å². The highest BCUT2D eigenvalue weighted by Gasteiger charge is 2.15. The predicted molar refractivity (Wildman–Crippen MR) is 42.8 cm³/mol. The Kier molecular flexibility index (Phi) is 3.05. The molecule has 0 aliphatic rings. The molecular formula is C8H6ClFO2. The lowest BCUT2D eigenvalue weighted by molar-refractivity contribution is -0.136. The first-order valence-corrected chi connectivity index (χ1v) is 3.68. The minimum atomic E-state index is -2.11. The highest BCUT2D eigenvalue weighted by Crippen LogP contribution is 2.10. The molecule has 0 aliphatic carbocycles. The second-order valence-corrected chi connectivity index (χ2v) is 2.42. The van der Waals surface area contributed by atoms with Crippen LogP contribution in [0.2, 0.25) is 0 Å². The third kappa shape index (κ3) is 2.51. The molecule has 0 aromatic heterocycles. The lowest BCUT2D eigenvalue weighted by Gasteiger charge is -2.01. The van der Waals surface area contributed by atoms with E-state index < -0.39 is 11.6 Å². The summed E-state index contributed by atoms with van der Waals surface area (Å²) < 4.78 is 16.6. The Labute approximate surface area is 73.9 Å². The largest absolute Gasteiger partial charge is 0.423 e. The van der Waals surface area contributed by atoms with Gasteiger partial charge in [0.1, 0.15) is 5.75 Å². The smallest absolute Gasteiger partial charge is 0.361 e. The van der Waals surface area contributed by atoms with Gasteiger partial charge in [0.15, 0.2) is 0 Å². The number of ether oxygens (including phenoxy) is 1. The molecule has 4 heteroatoms. The number of alkyl halides is 2. The van der Waals surface area contributed by atoms with Crippen molar-refractivity contribution in [2.24, 2.45) is 0 Å². The van der Waals surface area contributed by atoms with E-state index in [0.717, 1.165) is 0 Å². The Bertz CT molecular complexity index is 261. The Morgan fingerprint density at radius 1 is 1.42 bits per heavy atom. The van der Waals surface area contributed by atoms with Crippen LogP contribution in [0.15, 0.2) is 30.3 Å². The zero-order valence-electron chi connectivity index (χ0n) is 6.04. The van der Waals surface area contributed by atoms with Gasteiger partial charge in [-0.3, -0.25) is 0 Å². The number of hydrogen-bond acceptors (Lipinski definition) is 2. The first-order chi connectivity index (χ1) is 5.70. The fourth-order valence-electron chi connectivity index (χ4n) is 0.649. The van der Waals surface area contributed by atoms with Gasteiger partial charge in [-0.1, -0.05) is 29.8 Å². The van der Waals surface area contributed by atoms with Crippen molar-refractivity contribution in [3.05, 3.63) is 30.3 Å². The van der Waals surface area contributed by atoms with Gasteiger partial charge in [0.05, 0.1) is 0 Å². The SMILES string of the molecule is O=C(Oc1ccccc1)C(F)Cl. The fraction of sp³-hybridized carbons (Fsp3) is 0.125. The van der Waals surface area contributed by atoms with E-state index in [-0.39, 0.29) is 5.75 Å². The number of hydrogen-bond donors (Lipinski definition) is 0. The summed E-state index contributed by atoms with van der Waals surface area (Å²) in [6, 6.07) is 8.17. The van der Waals surface area contributed by atoms with Crippen molar-refractivity contribution in [2.75, 3.05) is 0 Å². The van der Waals surface area contributed by atoms with Gasteiger partial charge in [-0.25, -0.2) is 9.18 Å². The summed E-state index contributed by atoms with van der Waals surface area (Å²) in [6.45, 7) is 0. The summed E-state index contributed by atoms with van der Waals surface area (Å²) in [4.78, 5) is 10.6. The van der Waals surface area contributed by atoms with Crippen LogP contribution in [0.3, 0.4) is 0 Å². The summed E-state index contributed by atoms with van der Waals surface area (Å²) in [7, 11) is 0. The van der Waals surface area contributed by atoms with Gasteiger partial charge < -0.3 is 4.74 Å². The maximum Gasteiger partial charge on any atom is 0.361 e. The highest BCUT2D eigenvalue weighted by atomic mass is 35.5. The van der Waals surface area contributed by atoms with Crippen molar-refractivity contribution in [1.82, 2.24) is 0 Å². The molecular weight excluding hydrogens is 183 g/mol. The maximum atomic E-state index is 12.1. The third-order valence-electron chi connectivity index (χ3n) is 1.14. The number of carbonyl (C=O) groups excluding carboxylic acids is 1. The molecule has 0 aliphatic heterocycles. The predicted octanol–water partition coefficient (Wildman–Crippen LogP) is 2.13. The molecule has 12 heavy (non-hydrogen) atoms. The van der Waals surface area contributed by atoms with Crippen LogP contribution in [-0.2, 0) is 4.79 Å². The number of esters is 1. The van der Waals surface area contributed by atoms with Crippen LogP contribution in [0.4, 0.5) is 4.39 Å². The van der Waals surface area contributed by atoms with Crippen LogP contribution in [0.5, 0.6) is 5.75 Å². The first-order valence-electron chi connectivity index (χ1n) is 3.25. The van der Waals surface area contributed by atoms with E-state index >= 15 is 0 Å². The van der Waals surface area contributed by atoms with Gasteiger partial charge in [0.2, 0.25) is 0 Å². The van der Waals surface area contributed by atoms with E-state index in [4.69, 9.17) is 11.6 Å². The number of benzene rings is 1. The van der Waals surface area contributed by atoms with Gasteiger partial charge in [0, 0.05) is 0 Å². The molecule has 0 saturated carbocycles. The molecule has 2 nitrogen and oxygen atoms in total. The van der Waals surface area contributed by atoms with Crippen molar-refractivity contribution >= 4 is 17.6 Å². The number of rotatable bonds is 2. The van der Waals surface area contributed by atoms with Gasteiger partial charge in [-0.15, -0.1) is 0 Å². The van der Waals surface area contributed by atoms with Gasteiger partial charge in [0.25, 0.3) is 5.63 Å². The summed E-state index contributed by atoms with van der Waals surface area (Å²) >= 11 is 4.84. The monoisotopic (exact) mass is 188 g/mol.